The van der Waals surface area contributed by atoms with Gasteiger partial charge in [0.05, 0.1) is 0 Å². The Morgan fingerprint density at radius 1 is 0.366 bits per heavy atom. The van der Waals surface area contributed by atoms with Crippen LogP contribution in [0.5, 0.6) is 0 Å². The molecule has 0 bridgehead atoms. The van der Waals surface area contributed by atoms with Crippen molar-refractivity contribution >= 4 is 28.8 Å². The van der Waals surface area contributed by atoms with Crippen molar-refractivity contribution in [2.75, 3.05) is 0 Å². The Labute approximate surface area is 235 Å². The molecule has 2 aromatic heterocycles. The van der Waals surface area contributed by atoms with Gasteiger partial charge in [0, 0.05) is 36.9 Å². The lowest BCUT2D eigenvalue weighted by Gasteiger charge is -2.35. The quantitative estimate of drug-likeness (QED) is 0.147. The van der Waals surface area contributed by atoms with Crippen LogP contribution in [0.1, 0.15) is 0 Å². The second kappa shape index (κ2) is 10.9. The van der Waals surface area contributed by atoms with Crippen LogP contribution < -0.4 is 20.7 Å². The fraction of sp³-hybridized carbons (Fsp3) is 0. The SMILES string of the molecule is Fc1cc(F)cc([Si](c2cc(F)cc(F)c2)(c2cccc(-c3ccncc3)c2)c2cccc(-c3ccncc3)c2)c1. The minimum atomic E-state index is -3.75. The summed E-state index contributed by atoms with van der Waals surface area (Å²) in [7, 11) is -3.75. The first-order valence-electron chi connectivity index (χ1n) is 12.9. The molecule has 2 heterocycles. The molecule has 41 heavy (non-hydrogen) atoms. The lowest BCUT2D eigenvalue weighted by Crippen LogP contribution is -2.75. The zero-order valence-corrected chi connectivity index (χ0v) is 22.6. The van der Waals surface area contributed by atoms with Crippen LogP contribution in [0, 0.1) is 23.3 Å². The van der Waals surface area contributed by atoms with Crippen molar-refractivity contribution in [3.63, 3.8) is 0 Å². The Bertz CT molecular complexity index is 1670. The summed E-state index contributed by atoms with van der Waals surface area (Å²) in [6.07, 6.45) is 6.70. The largest absolute Gasteiger partial charge is 0.265 e. The molecular weight excluding hydrogens is 540 g/mol. The van der Waals surface area contributed by atoms with Crippen molar-refractivity contribution in [1.82, 2.24) is 9.97 Å². The monoisotopic (exact) mass is 562 g/mol. The number of benzene rings is 4. The van der Waals surface area contributed by atoms with Crippen LogP contribution >= 0.6 is 0 Å². The number of nitrogens with zero attached hydrogens (tertiary/aromatic N) is 2. The van der Waals surface area contributed by atoms with Crippen LogP contribution in [-0.4, -0.2) is 18.0 Å². The zero-order chi connectivity index (χ0) is 28.4. The Morgan fingerprint density at radius 3 is 1.10 bits per heavy atom. The molecule has 0 unspecified atom stereocenters. The number of rotatable bonds is 6. The van der Waals surface area contributed by atoms with Gasteiger partial charge in [0.1, 0.15) is 23.3 Å². The van der Waals surface area contributed by atoms with Crippen LogP contribution in [0.25, 0.3) is 22.3 Å². The first kappa shape index (κ1) is 26.3. The van der Waals surface area contributed by atoms with Gasteiger partial charge in [0.25, 0.3) is 0 Å². The predicted octanol–water partition coefficient (Wildman–Crippen LogP) is 5.74. The molecule has 4 aromatic carbocycles. The Hall–Kier alpha value is -4.88. The molecule has 2 nitrogen and oxygen atoms in total. The summed E-state index contributed by atoms with van der Waals surface area (Å²) >= 11 is 0. The van der Waals surface area contributed by atoms with Gasteiger partial charge in [-0.15, -0.1) is 0 Å². The molecule has 0 atom stereocenters. The molecule has 0 N–H and O–H groups in total. The van der Waals surface area contributed by atoms with Gasteiger partial charge >= 0.3 is 0 Å². The van der Waals surface area contributed by atoms with E-state index < -0.39 is 31.3 Å². The van der Waals surface area contributed by atoms with Crippen LogP contribution in [0.4, 0.5) is 17.6 Å². The summed E-state index contributed by atoms with van der Waals surface area (Å²) in [5, 5.41) is 2.04. The molecule has 0 aliphatic heterocycles. The Morgan fingerprint density at radius 2 is 0.732 bits per heavy atom. The molecule has 0 radical (unpaired) electrons. The summed E-state index contributed by atoms with van der Waals surface area (Å²) in [6, 6.07) is 29.3. The molecule has 0 aliphatic carbocycles. The summed E-state index contributed by atoms with van der Waals surface area (Å²) in [5.74, 6) is -3.10. The lowest BCUT2D eigenvalue weighted by atomic mass is 10.1. The highest BCUT2D eigenvalue weighted by Gasteiger charge is 2.43. The number of hydrogen-bond acceptors (Lipinski definition) is 2. The van der Waals surface area contributed by atoms with Crippen molar-refractivity contribution in [3.05, 3.63) is 157 Å². The maximum Gasteiger partial charge on any atom is 0.180 e. The summed E-state index contributed by atoms with van der Waals surface area (Å²) < 4.78 is 59.9. The summed E-state index contributed by atoms with van der Waals surface area (Å²) in [4.78, 5) is 8.20. The van der Waals surface area contributed by atoms with E-state index in [2.05, 4.69) is 9.97 Å². The Balaban J connectivity index is 1.75. The van der Waals surface area contributed by atoms with E-state index in [9.17, 15) is 17.6 Å². The fourth-order valence-electron chi connectivity index (χ4n) is 5.49. The van der Waals surface area contributed by atoms with Crippen molar-refractivity contribution < 1.29 is 17.6 Å². The lowest BCUT2D eigenvalue weighted by molar-refractivity contribution is 0.585. The average Bonchev–Trinajstić information content (AvgIpc) is 2.98. The molecular formula is C34H22F4N2Si. The predicted molar refractivity (Wildman–Crippen MR) is 156 cm³/mol. The van der Waals surface area contributed by atoms with Gasteiger partial charge in [-0.1, -0.05) is 48.5 Å². The second-order valence-corrected chi connectivity index (χ2v) is 13.5. The zero-order valence-electron chi connectivity index (χ0n) is 21.6. The number of hydrogen-bond donors (Lipinski definition) is 0. The maximum atomic E-state index is 15.0. The normalized spacial score (nSPS) is 11.4. The van der Waals surface area contributed by atoms with Crippen LogP contribution in [0.2, 0.25) is 0 Å². The topological polar surface area (TPSA) is 25.8 Å². The molecule has 6 aromatic rings. The first-order chi connectivity index (χ1) is 19.9. The average molecular weight is 563 g/mol. The van der Waals surface area contributed by atoms with Crippen molar-refractivity contribution in [3.8, 4) is 22.3 Å². The third-order valence-electron chi connectivity index (χ3n) is 7.21. The highest BCUT2D eigenvalue weighted by Crippen LogP contribution is 2.22. The molecule has 0 saturated heterocycles. The standard InChI is InChI=1S/C34H22F4N2Si/c35-27-17-28(36)20-33(19-27)41(34-21-29(37)18-30(38)22-34,31-5-1-3-25(15-31)23-7-11-39-12-8-23)32-6-2-4-26(16-32)24-9-13-40-14-10-24/h1-22H. The molecule has 0 spiro atoms. The van der Waals surface area contributed by atoms with Gasteiger partial charge in [-0.3, -0.25) is 9.97 Å². The van der Waals surface area contributed by atoms with Gasteiger partial charge in [0.2, 0.25) is 0 Å². The van der Waals surface area contributed by atoms with Gasteiger partial charge < -0.3 is 0 Å². The van der Waals surface area contributed by atoms with Crippen molar-refractivity contribution in [2.45, 2.75) is 0 Å². The highest BCUT2D eigenvalue weighted by atomic mass is 28.3. The maximum absolute atomic E-state index is 15.0. The van der Waals surface area contributed by atoms with Crippen molar-refractivity contribution in [1.29, 1.82) is 0 Å². The van der Waals surface area contributed by atoms with E-state index in [1.54, 1.807) is 24.8 Å². The van der Waals surface area contributed by atoms with Crippen molar-refractivity contribution in [2.24, 2.45) is 0 Å². The van der Waals surface area contributed by atoms with E-state index in [0.29, 0.717) is 20.7 Å². The van der Waals surface area contributed by atoms with E-state index in [1.165, 1.54) is 24.3 Å². The molecule has 0 aliphatic rings. The molecule has 0 amide bonds. The minimum absolute atomic E-state index is 0.318. The Kier molecular flexibility index (Phi) is 7.03. The van der Waals surface area contributed by atoms with E-state index in [0.717, 1.165) is 34.4 Å². The number of pyridine rings is 2. The van der Waals surface area contributed by atoms with Gasteiger partial charge in [-0.05, 0) is 91.5 Å². The molecule has 200 valence electrons. The van der Waals surface area contributed by atoms with E-state index in [4.69, 9.17) is 0 Å². The highest BCUT2D eigenvalue weighted by molar-refractivity contribution is 7.20. The second-order valence-electron chi connectivity index (χ2n) is 9.70. The number of halogens is 4. The summed E-state index contributed by atoms with van der Waals surface area (Å²) in [6.45, 7) is 0. The molecule has 0 fully saturated rings. The van der Waals surface area contributed by atoms with Gasteiger partial charge in [-0.2, -0.15) is 0 Å². The fourth-order valence-corrected chi connectivity index (χ4v) is 10.3. The van der Waals surface area contributed by atoms with E-state index in [1.807, 2.05) is 72.8 Å². The molecule has 0 saturated carbocycles. The van der Waals surface area contributed by atoms with Gasteiger partial charge in [-0.25, -0.2) is 17.6 Å². The van der Waals surface area contributed by atoms with E-state index in [-0.39, 0.29) is 0 Å². The van der Waals surface area contributed by atoms with Crippen LogP contribution in [0.15, 0.2) is 134 Å². The van der Waals surface area contributed by atoms with Crippen LogP contribution in [-0.2, 0) is 0 Å². The van der Waals surface area contributed by atoms with E-state index >= 15 is 0 Å². The third kappa shape index (κ3) is 5.07. The smallest absolute Gasteiger partial charge is 0.180 e. The third-order valence-corrected chi connectivity index (χ3v) is 11.9. The molecule has 7 heteroatoms. The van der Waals surface area contributed by atoms with Gasteiger partial charge in [0.15, 0.2) is 8.07 Å². The first-order valence-corrected chi connectivity index (χ1v) is 14.9. The summed E-state index contributed by atoms with van der Waals surface area (Å²) in [5.41, 5.74) is 3.43. The molecule has 6 rings (SSSR count). The minimum Gasteiger partial charge on any atom is -0.265 e. The van der Waals surface area contributed by atoms with Crippen LogP contribution in [0.3, 0.4) is 0 Å². The number of aromatic nitrogens is 2.